The van der Waals surface area contributed by atoms with Gasteiger partial charge in [0.25, 0.3) is 5.91 Å². The third-order valence-electron chi connectivity index (χ3n) is 2.80. The van der Waals surface area contributed by atoms with Crippen molar-refractivity contribution < 1.29 is 4.79 Å². The molecule has 4 nitrogen and oxygen atoms in total. The summed E-state index contributed by atoms with van der Waals surface area (Å²) in [6.07, 6.45) is 0.897. The fourth-order valence-electron chi connectivity index (χ4n) is 1.71. The van der Waals surface area contributed by atoms with E-state index in [0.29, 0.717) is 5.69 Å². The minimum Gasteiger partial charge on any atom is -0.354 e. The SMILES string of the molecule is CCc1ccc(C(=O)N[C@H](C)c2csc(C)n2)[nH]1. The second-order valence-electron chi connectivity index (χ2n) is 4.24. The van der Waals surface area contributed by atoms with Gasteiger partial charge < -0.3 is 10.3 Å². The minimum atomic E-state index is -0.0900. The van der Waals surface area contributed by atoms with Crippen LogP contribution in [-0.2, 0) is 6.42 Å². The van der Waals surface area contributed by atoms with Crippen LogP contribution in [0.4, 0.5) is 0 Å². The Kier molecular flexibility index (Phi) is 3.81. The maximum absolute atomic E-state index is 12.0. The van der Waals surface area contributed by atoms with Crippen LogP contribution in [0.1, 0.15) is 46.8 Å². The lowest BCUT2D eigenvalue weighted by Gasteiger charge is -2.10. The Morgan fingerprint density at radius 3 is 2.89 bits per heavy atom. The van der Waals surface area contributed by atoms with Gasteiger partial charge in [0.2, 0.25) is 0 Å². The largest absolute Gasteiger partial charge is 0.354 e. The molecule has 5 heteroatoms. The van der Waals surface area contributed by atoms with Gasteiger partial charge in [-0.05, 0) is 32.4 Å². The fourth-order valence-corrected chi connectivity index (χ4v) is 2.41. The van der Waals surface area contributed by atoms with Crippen LogP contribution in [0.5, 0.6) is 0 Å². The van der Waals surface area contributed by atoms with Gasteiger partial charge in [-0.3, -0.25) is 4.79 Å². The number of aromatic amines is 1. The normalized spacial score (nSPS) is 12.4. The first-order valence-corrected chi connectivity index (χ1v) is 6.89. The fraction of sp³-hybridized carbons (Fsp3) is 0.385. The Morgan fingerprint density at radius 1 is 1.56 bits per heavy atom. The first-order chi connectivity index (χ1) is 8.60. The third-order valence-corrected chi connectivity index (χ3v) is 3.59. The molecule has 2 aromatic rings. The van der Waals surface area contributed by atoms with E-state index in [4.69, 9.17) is 0 Å². The molecular formula is C13H17N3OS. The van der Waals surface area contributed by atoms with Gasteiger partial charge in [-0.25, -0.2) is 4.98 Å². The van der Waals surface area contributed by atoms with Gasteiger partial charge in [0.15, 0.2) is 0 Å². The Labute approximate surface area is 110 Å². The van der Waals surface area contributed by atoms with Crippen molar-refractivity contribution in [2.24, 2.45) is 0 Å². The number of rotatable bonds is 4. The number of carbonyl (C=O) groups is 1. The van der Waals surface area contributed by atoms with Gasteiger partial charge in [0.1, 0.15) is 5.69 Å². The third kappa shape index (κ3) is 2.79. The molecule has 0 aliphatic heterocycles. The van der Waals surface area contributed by atoms with Crippen molar-refractivity contribution in [3.05, 3.63) is 39.6 Å². The number of aryl methyl sites for hydroxylation is 2. The molecule has 0 saturated carbocycles. The Bertz CT molecular complexity index is 544. The van der Waals surface area contributed by atoms with Crippen molar-refractivity contribution in [2.45, 2.75) is 33.2 Å². The number of aromatic nitrogens is 2. The van der Waals surface area contributed by atoms with Gasteiger partial charge in [0.05, 0.1) is 16.7 Å². The van der Waals surface area contributed by atoms with E-state index in [1.807, 2.05) is 38.3 Å². The lowest BCUT2D eigenvalue weighted by molar-refractivity contribution is 0.0934. The van der Waals surface area contributed by atoms with E-state index in [1.54, 1.807) is 11.3 Å². The van der Waals surface area contributed by atoms with E-state index in [1.165, 1.54) is 0 Å². The lowest BCUT2D eigenvalue weighted by Crippen LogP contribution is -2.27. The Balaban J connectivity index is 2.02. The molecule has 2 heterocycles. The first-order valence-electron chi connectivity index (χ1n) is 6.01. The molecule has 96 valence electrons. The van der Waals surface area contributed by atoms with E-state index in [-0.39, 0.29) is 11.9 Å². The summed E-state index contributed by atoms with van der Waals surface area (Å²) in [5.74, 6) is -0.0900. The van der Waals surface area contributed by atoms with Gasteiger partial charge >= 0.3 is 0 Å². The molecular weight excluding hydrogens is 246 g/mol. The molecule has 0 aromatic carbocycles. The maximum atomic E-state index is 12.0. The zero-order valence-corrected chi connectivity index (χ0v) is 11.6. The molecule has 0 spiro atoms. The second kappa shape index (κ2) is 5.35. The second-order valence-corrected chi connectivity index (χ2v) is 5.30. The molecule has 2 rings (SSSR count). The van der Waals surface area contributed by atoms with Crippen LogP contribution in [0.25, 0.3) is 0 Å². The molecule has 0 fully saturated rings. The van der Waals surface area contributed by atoms with E-state index in [9.17, 15) is 4.79 Å². The van der Waals surface area contributed by atoms with Gasteiger partial charge in [0, 0.05) is 11.1 Å². The molecule has 1 atom stereocenters. The number of H-pyrrole nitrogens is 1. The van der Waals surface area contributed by atoms with E-state index in [2.05, 4.69) is 15.3 Å². The number of hydrogen-bond donors (Lipinski definition) is 2. The van der Waals surface area contributed by atoms with Crippen molar-refractivity contribution in [3.63, 3.8) is 0 Å². The number of thiazole rings is 1. The zero-order chi connectivity index (χ0) is 13.1. The van der Waals surface area contributed by atoms with Crippen molar-refractivity contribution in [1.29, 1.82) is 0 Å². The smallest absolute Gasteiger partial charge is 0.268 e. The van der Waals surface area contributed by atoms with Crippen LogP contribution in [0.15, 0.2) is 17.5 Å². The standard InChI is InChI=1S/C13H17N3OS/c1-4-10-5-6-11(16-10)13(17)14-8(2)12-7-18-9(3)15-12/h5-8,16H,4H2,1-3H3,(H,14,17)/t8-/m1/s1. The summed E-state index contributed by atoms with van der Waals surface area (Å²) in [6, 6.07) is 3.68. The average Bonchev–Trinajstić information content (AvgIpc) is 2.97. The highest BCUT2D eigenvalue weighted by Gasteiger charge is 2.14. The zero-order valence-electron chi connectivity index (χ0n) is 10.8. The topological polar surface area (TPSA) is 57.8 Å². The monoisotopic (exact) mass is 263 g/mol. The van der Waals surface area contributed by atoms with Crippen LogP contribution in [0.3, 0.4) is 0 Å². The molecule has 0 saturated heterocycles. The molecule has 0 radical (unpaired) electrons. The molecule has 2 N–H and O–H groups in total. The van der Waals surface area contributed by atoms with Crippen LogP contribution >= 0.6 is 11.3 Å². The van der Waals surface area contributed by atoms with Crippen LogP contribution in [0, 0.1) is 6.92 Å². The lowest BCUT2D eigenvalue weighted by atomic mass is 10.2. The summed E-state index contributed by atoms with van der Waals surface area (Å²) < 4.78 is 0. The van der Waals surface area contributed by atoms with Crippen LogP contribution in [-0.4, -0.2) is 15.9 Å². The summed E-state index contributed by atoms with van der Waals surface area (Å²) >= 11 is 1.59. The first kappa shape index (κ1) is 12.8. The van der Waals surface area contributed by atoms with Gasteiger partial charge in [-0.1, -0.05) is 6.92 Å². The van der Waals surface area contributed by atoms with Crippen LogP contribution in [0.2, 0.25) is 0 Å². The molecule has 2 aromatic heterocycles. The average molecular weight is 263 g/mol. The summed E-state index contributed by atoms with van der Waals surface area (Å²) in [5.41, 5.74) is 2.58. The van der Waals surface area contributed by atoms with E-state index in [0.717, 1.165) is 22.8 Å². The highest BCUT2D eigenvalue weighted by atomic mass is 32.1. The van der Waals surface area contributed by atoms with Crippen molar-refractivity contribution >= 4 is 17.2 Å². The predicted molar refractivity (Wildman–Crippen MR) is 72.9 cm³/mol. The molecule has 1 amide bonds. The number of nitrogens with zero attached hydrogens (tertiary/aromatic N) is 1. The Hall–Kier alpha value is -1.62. The minimum absolute atomic E-state index is 0.0733. The van der Waals surface area contributed by atoms with Gasteiger partial charge in [-0.2, -0.15) is 0 Å². The van der Waals surface area contributed by atoms with Crippen molar-refractivity contribution in [3.8, 4) is 0 Å². The summed E-state index contributed by atoms with van der Waals surface area (Å²) in [6.45, 7) is 5.95. The van der Waals surface area contributed by atoms with Gasteiger partial charge in [-0.15, -0.1) is 11.3 Å². The number of carbonyl (C=O) groups excluding carboxylic acids is 1. The molecule has 0 unspecified atom stereocenters. The number of nitrogens with one attached hydrogen (secondary N) is 2. The summed E-state index contributed by atoms with van der Waals surface area (Å²) in [7, 11) is 0. The summed E-state index contributed by atoms with van der Waals surface area (Å²) in [4.78, 5) is 19.5. The van der Waals surface area contributed by atoms with Crippen molar-refractivity contribution in [2.75, 3.05) is 0 Å². The maximum Gasteiger partial charge on any atom is 0.268 e. The van der Waals surface area contributed by atoms with Crippen molar-refractivity contribution in [1.82, 2.24) is 15.3 Å². The molecule has 0 aliphatic carbocycles. The van der Waals surface area contributed by atoms with Crippen LogP contribution < -0.4 is 5.32 Å². The summed E-state index contributed by atoms with van der Waals surface area (Å²) in [5, 5.41) is 5.93. The highest BCUT2D eigenvalue weighted by Crippen LogP contribution is 2.16. The molecule has 0 bridgehead atoms. The number of amides is 1. The molecule has 18 heavy (non-hydrogen) atoms. The molecule has 0 aliphatic rings. The van der Waals surface area contributed by atoms with E-state index < -0.39 is 0 Å². The quantitative estimate of drug-likeness (QED) is 0.891. The Morgan fingerprint density at radius 2 is 2.33 bits per heavy atom. The predicted octanol–water partition coefficient (Wildman–Crippen LogP) is 2.83. The number of hydrogen-bond acceptors (Lipinski definition) is 3. The highest BCUT2D eigenvalue weighted by molar-refractivity contribution is 7.09. The van der Waals surface area contributed by atoms with E-state index >= 15 is 0 Å².